The Balaban J connectivity index is 2.59. The van der Waals surface area contributed by atoms with Crippen molar-refractivity contribution < 1.29 is 9.53 Å². The molecule has 1 fully saturated rings. The van der Waals surface area contributed by atoms with Crippen LogP contribution in [0.1, 0.15) is 27.2 Å². The van der Waals surface area contributed by atoms with Crippen LogP contribution in [0.2, 0.25) is 0 Å². The van der Waals surface area contributed by atoms with E-state index < -0.39 is 0 Å². The molecule has 1 saturated heterocycles. The second-order valence-corrected chi connectivity index (χ2v) is 5.50. The molecular weight excluding hydrogens is 204 g/mol. The van der Waals surface area contributed by atoms with Gasteiger partial charge in [0.25, 0.3) is 0 Å². The normalized spacial score (nSPS) is 26.6. The van der Waals surface area contributed by atoms with Crippen LogP contribution in [-0.2, 0) is 9.53 Å². The average molecular weight is 228 g/mol. The lowest BCUT2D eigenvalue weighted by atomic mass is 9.79. The van der Waals surface area contributed by atoms with Gasteiger partial charge in [-0.15, -0.1) is 0 Å². The third kappa shape index (κ3) is 2.95. The summed E-state index contributed by atoms with van der Waals surface area (Å²) < 4.78 is 5.02. The monoisotopic (exact) mass is 228 g/mol. The molecule has 94 valence electrons. The summed E-state index contributed by atoms with van der Waals surface area (Å²) >= 11 is 0. The molecule has 0 spiro atoms. The van der Waals surface area contributed by atoms with Crippen molar-refractivity contribution in [1.82, 2.24) is 4.90 Å². The van der Waals surface area contributed by atoms with Crippen molar-refractivity contribution in [2.75, 3.05) is 26.8 Å². The maximum atomic E-state index is 12.1. The van der Waals surface area contributed by atoms with Crippen molar-refractivity contribution in [3.63, 3.8) is 0 Å². The van der Waals surface area contributed by atoms with Gasteiger partial charge in [0.05, 0.1) is 12.5 Å². The quantitative estimate of drug-likeness (QED) is 0.779. The maximum absolute atomic E-state index is 12.1. The summed E-state index contributed by atoms with van der Waals surface area (Å²) in [5.41, 5.74) is 6.06. The average Bonchev–Trinajstić information content (AvgIpc) is 2.21. The van der Waals surface area contributed by atoms with Crippen LogP contribution < -0.4 is 5.73 Å². The molecule has 1 aliphatic heterocycles. The third-order valence-electron chi connectivity index (χ3n) is 3.46. The molecule has 2 unspecified atom stereocenters. The standard InChI is InChI=1S/C12H24N2O2/c1-9(7-16-4)11(15)14-6-5-10(13)12(2,3)8-14/h9-10H,5-8,13H2,1-4H3. The van der Waals surface area contributed by atoms with E-state index in [1.165, 1.54) is 0 Å². The summed E-state index contributed by atoms with van der Waals surface area (Å²) in [6.45, 7) is 8.17. The van der Waals surface area contributed by atoms with Gasteiger partial charge in [-0.1, -0.05) is 20.8 Å². The lowest BCUT2D eigenvalue weighted by Gasteiger charge is -2.43. The van der Waals surface area contributed by atoms with Gasteiger partial charge in [-0.3, -0.25) is 4.79 Å². The van der Waals surface area contributed by atoms with E-state index in [4.69, 9.17) is 10.5 Å². The number of piperidine rings is 1. The largest absolute Gasteiger partial charge is 0.384 e. The Morgan fingerprint density at radius 1 is 1.62 bits per heavy atom. The van der Waals surface area contributed by atoms with Crippen LogP contribution in [-0.4, -0.2) is 43.7 Å². The number of methoxy groups -OCH3 is 1. The van der Waals surface area contributed by atoms with E-state index in [0.717, 1.165) is 19.5 Å². The minimum absolute atomic E-state index is 0.0146. The lowest BCUT2D eigenvalue weighted by Crippen LogP contribution is -2.55. The number of nitrogens with zero attached hydrogens (tertiary/aromatic N) is 1. The Labute approximate surface area is 98.1 Å². The van der Waals surface area contributed by atoms with E-state index in [1.807, 2.05) is 11.8 Å². The molecule has 1 amide bonds. The lowest BCUT2D eigenvalue weighted by molar-refractivity contribution is -0.140. The van der Waals surface area contributed by atoms with Crippen LogP contribution in [0.5, 0.6) is 0 Å². The topological polar surface area (TPSA) is 55.6 Å². The van der Waals surface area contributed by atoms with Gasteiger partial charge >= 0.3 is 0 Å². The van der Waals surface area contributed by atoms with E-state index in [0.29, 0.717) is 6.61 Å². The number of likely N-dealkylation sites (tertiary alicyclic amines) is 1. The maximum Gasteiger partial charge on any atom is 0.227 e. The molecule has 0 bridgehead atoms. The van der Waals surface area contributed by atoms with Crippen molar-refractivity contribution in [2.45, 2.75) is 33.2 Å². The fourth-order valence-corrected chi connectivity index (χ4v) is 2.19. The Kier molecular flexibility index (Phi) is 4.33. The molecule has 0 aromatic heterocycles. The molecule has 4 nitrogen and oxygen atoms in total. The molecule has 2 atom stereocenters. The summed E-state index contributed by atoms with van der Waals surface area (Å²) in [6.07, 6.45) is 0.887. The fraction of sp³-hybridized carbons (Fsp3) is 0.917. The number of rotatable bonds is 3. The summed E-state index contributed by atoms with van der Waals surface area (Å²) in [5.74, 6) is 0.122. The van der Waals surface area contributed by atoms with Gasteiger partial charge in [-0.05, 0) is 11.8 Å². The summed E-state index contributed by atoms with van der Waals surface area (Å²) in [7, 11) is 1.62. The summed E-state index contributed by atoms with van der Waals surface area (Å²) in [6, 6.07) is 0.189. The number of hydrogen-bond acceptors (Lipinski definition) is 3. The molecule has 0 aromatic rings. The second kappa shape index (κ2) is 5.15. The van der Waals surface area contributed by atoms with E-state index in [-0.39, 0.29) is 23.3 Å². The minimum Gasteiger partial charge on any atom is -0.384 e. The number of hydrogen-bond donors (Lipinski definition) is 1. The molecule has 1 rings (SSSR count). The molecule has 0 saturated carbocycles. The van der Waals surface area contributed by atoms with Crippen molar-refractivity contribution in [2.24, 2.45) is 17.1 Å². The molecular formula is C12H24N2O2. The molecule has 16 heavy (non-hydrogen) atoms. The van der Waals surface area contributed by atoms with Crippen LogP contribution in [0.3, 0.4) is 0 Å². The molecule has 1 aliphatic rings. The first-order valence-electron chi connectivity index (χ1n) is 5.92. The van der Waals surface area contributed by atoms with Gasteiger partial charge in [-0.25, -0.2) is 0 Å². The number of carbonyl (C=O) groups is 1. The highest BCUT2D eigenvalue weighted by Crippen LogP contribution is 2.28. The van der Waals surface area contributed by atoms with Crippen LogP contribution in [0.4, 0.5) is 0 Å². The van der Waals surface area contributed by atoms with Crippen LogP contribution in [0.15, 0.2) is 0 Å². The van der Waals surface area contributed by atoms with Crippen molar-refractivity contribution >= 4 is 5.91 Å². The van der Waals surface area contributed by atoms with Crippen molar-refractivity contribution in [1.29, 1.82) is 0 Å². The van der Waals surface area contributed by atoms with Gasteiger partial charge in [0, 0.05) is 26.2 Å². The Morgan fingerprint density at radius 3 is 2.75 bits per heavy atom. The molecule has 4 heteroatoms. The zero-order chi connectivity index (χ0) is 12.3. The van der Waals surface area contributed by atoms with Gasteiger partial charge in [0.2, 0.25) is 5.91 Å². The Morgan fingerprint density at radius 2 is 2.25 bits per heavy atom. The number of amides is 1. The minimum atomic E-state index is -0.0601. The van der Waals surface area contributed by atoms with Crippen molar-refractivity contribution in [3.05, 3.63) is 0 Å². The van der Waals surface area contributed by atoms with Gasteiger partial charge < -0.3 is 15.4 Å². The number of nitrogens with two attached hydrogens (primary N) is 1. The van der Waals surface area contributed by atoms with E-state index in [2.05, 4.69) is 13.8 Å². The molecule has 1 heterocycles. The smallest absolute Gasteiger partial charge is 0.227 e. The fourth-order valence-electron chi connectivity index (χ4n) is 2.19. The van der Waals surface area contributed by atoms with Gasteiger partial charge in [-0.2, -0.15) is 0 Å². The summed E-state index contributed by atoms with van der Waals surface area (Å²) in [4.78, 5) is 14.0. The first-order chi connectivity index (χ1) is 7.38. The zero-order valence-corrected chi connectivity index (χ0v) is 10.8. The Hall–Kier alpha value is -0.610. The van der Waals surface area contributed by atoms with Gasteiger partial charge in [0.15, 0.2) is 0 Å². The second-order valence-electron chi connectivity index (χ2n) is 5.50. The molecule has 0 aliphatic carbocycles. The number of carbonyl (C=O) groups excluding carboxylic acids is 1. The van der Waals surface area contributed by atoms with Crippen LogP contribution in [0, 0.1) is 11.3 Å². The predicted molar refractivity (Wildman–Crippen MR) is 64.0 cm³/mol. The van der Waals surface area contributed by atoms with Gasteiger partial charge in [0.1, 0.15) is 0 Å². The zero-order valence-electron chi connectivity index (χ0n) is 10.8. The highest BCUT2D eigenvalue weighted by molar-refractivity contribution is 5.78. The number of ether oxygens (including phenoxy) is 1. The first kappa shape index (κ1) is 13.5. The van der Waals surface area contributed by atoms with E-state index in [9.17, 15) is 4.79 Å². The molecule has 0 aromatic carbocycles. The first-order valence-corrected chi connectivity index (χ1v) is 5.92. The summed E-state index contributed by atoms with van der Waals surface area (Å²) in [5, 5.41) is 0. The van der Waals surface area contributed by atoms with E-state index in [1.54, 1.807) is 7.11 Å². The van der Waals surface area contributed by atoms with Crippen molar-refractivity contribution in [3.8, 4) is 0 Å². The highest BCUT2D eigenvalue weighted by atomic mass is 16.5. The highest BCUT2D eigenvalue weighted by Gasteiger charge is 2.36. The van der Waals surface area contributed by atoms with E-state index >= 15 is 0 Å². The molecule has 0 radical (unpaired) electrons. The SMILES string of the molecule is COCC(C)C(=O)N1CCC(N)C(C)(C)C1. The van der Waals surface area contributed by atoms with Crippen LogP contribution in [0.25, 0.3) is 0 Å². The predicted octanol–water partition coefficient (Wildman–Crippen LogP) is 0.855. The Bertz CT molecular complexity index is 253. The third-order valence-corrected chi connectivity index (χ3v) is 3.46. The van der Waals surface area contributed by atoms with Crippen LogP contribution >= 0.6 is 0 Å². The molecule has 2 N–H and O–H groups in total.